The molecule has 8 heteroatoms. The number of rotatable bonds is 8. The molecule has 1 amide bonds. The van der Waals surface area contributed by atoms with Gasteiger partial charge in [-0.3, -0.25) is 14.6 Å². The number of piperazine rings is 1. The Morgan fingerprint density at radius 2 is 1.65 bits per heavy atom. The predicted molar refractivity (Wildman–Crippen MR) is 133 cm³/mol. The molecule has 34 heavy (non-hydrogen) atoms. The van der Waals surface area contributed by atoms with Crippen LogP contribution in [0.15, 0.2) is 77.7 Å². The number of methoxy groups -OCH3 is 1. The largest absolute Gasteiger partial charge is 0.497 e. The summed E-state index contributed by atoms with van der Waals surface area (Å²) in [6.45, 7) is 3.36. The first-order chi connectivity index (χ1) is 16.5. The number of nitro benzene ring substituents is 1. The number of nitrogens with one attached hydrogen (secondary N) is 1. The van der Waals surface area contributed by atoms with Crippen LogP contribution >= 0.6 is 11.8 Å². The summed E-state index contributed by atoms with van der Waals surface area (Å²) in [5.74, 6) is 1.66. The molecule has 3 aromatic carbocycles. The van der Waals surface area contributed by atoms with Gasteiger partial charge < -0.3 is 10.1 Å². The Balaban J connectivity index is 1.57. The van der Waals surface area contributed by atoms with Crippen LogP contribution in [0.4, 0.5) is 5.69 Å². The van der Waals surface area contributed by atoms with E-state index >= 15 is 0 Å². The highest BCUT2D eigenvalue weighted by Gasteiger charge is 2.40. The van der Waals surface area contributed by atoms with Gasteiger partial charge in [0.2, 0.25) is 0 Å². The van der Waals surface area contributed by atoms with Crippen LogP contribution in [0.25, 0.3) is 0 Å². The third-order valence-electron chi connectivity index (χ3n) is 6.17. The maximum atomic E-state index is 14.0. The van der Waals surface area contributed by atoms with Gasteiger partial charge >= 0.3 is 5.91 Å². The van der Waals surface area contributed by atoms with E-state index in [1.165, 1.54) is 12.1 Å². The molecule has 0 unspecified atom stereocenters. The molecule has 1 N–H and O–H groups in total. The van der Waals surface area contributed by atoms with Crippen molar-refractivity contribution in [1.29, 1.82) is 0 Å². The monoisotopic (exact) mass is 478 g/mol. The maximum Gasteiger partial charge on any atom is 0.347 e. The van der Waals surface area contributed by atoms with Crippen LogP contribution in [0.2, 0.25) is 0 Å². The van der Waals surface area contributed by atoms with Crippen molar-refractivity contribution < 1.29 is 18.9 Å². The van der Waals surface area contributed by atoms with Gasteiger partial charge in [0.25, 0.3) is 5.69 Å². The Kier molecular flexibility index (Phi) is 7.62. The maximum absolute atomic E-state index is 14.0. The first kappa shape index (κ1) is 23.9. The number of quaternary nitrogens is 1. The number of hydrogen-bond acceptors (Lipinski definition) is 6. The molecule has 0 saturated carbocycles. The molecule has 4 rings (SSSR count). The van der Waals surface area contributed by atoms with Gasteiger partial charge in [-0.25, -0.2) is 4.79 Å². The average Bonchev–Trinajstić information content (AvgIpc) is 2.88. The summed E-state index contributed by atoms with van der Waals surface area (Å²) in [7, 11) is 1.65. The highest BCUT2D eigenvalue weighted by molar-refractivity contribution is 7.98. The summed E-state index contributed by atoms with van der Waals surface area (Å²) in [4.78, 5) is 25.6. The number of thioether (sulfide) groups is 1. The number of nitro groups is 1. The van der Waals surface area contributed by atoms with Gasteiger partial charge in [-0.15, -0.1) is 11.8 Å². The van der Waals surface area contributed by atoms with Gasteiger partial charge in [0.1, 0.15) is 12.3 Å². The quantitative estimate of drug-likeness (QED) is 0.220. The van der Waals surface area contributed by atoms with E-state index in [-0.39, 0.29) is 11.6 Å². The number of benzene rings is 3. The van der Waals surface area contributed by atoms with E-state index in [0.717, 1.165) is 46.2 Å². The Morgan fingerprint density at radius 3 is 2.29 bits per heavy atom. The first-order valence-electron chi connectivity index (χ1n) is 11.2. The smallest absolute Gasteiger partial charge is 0.347 e. The molecule has 1 fully saturated rings. The zero-order valence-electron chi connectivity index (χ0n) is 19.1. The molecule has 0 aliphatic carbocycles. The molecule has 0 bridgehead atoms. The summed E-state index contributed by atoms with van der Waals surface area (Å²) in [6.07, 6.45) is 0. The van der Waals surface area contributed by atoms with Crippen LogP contribution in [0.1, 0.15) is 21.5 Å². The third kappa shape index (κ3) is 5.47. The molecule has 1 saturated heterocycles. The second-order valence-corrected chi connectivity index (χ2v) is 9.38. The zero-order valence-corrected chi connectivity index (χ0v) is 19.9. The SMILES string of the molecule is COc1ccc(CSc2ccccc2C(=O)[N+]2(Cc3ccc([N+](=O)[O-])cc3)CCNCC2)cc1. The Hall–Kier alpha value is -3.20. The van der Waals surface area contributed by atoms with E-state index in [0.29, 0.717) is 24.1 Å². The third-order valence-corrected chi connectivity index (χ3v) is 7.31. The minimum atomic E-state index is -0.402. The Bertz CT molecular complexity index is 1140. The van der Waals surface area contributed by atoms with E-state index < -0.39 is 4.92 Å². The number of amides is 1. The highest BCUT2D eigenvalue weighted by atomic mass is 32.2. The minimum absolute atomic E-state index is 0.0576. The fourth-order valence-electron chi connectivity index (χ4n) is 4.24. The summed E-state index contributed by atoms with van der Waals surface area (Å²) in [6, 6.07) is 22.3. The lowest BCUT2D eigenvalue weighted by Crippen LogP contribution is -2.61. The lowest BCUT2D eigenvalue weighted by atomic mass is 10.1. The van der Waals surface area contributed by atoms with Crippen molar-refractivity contribution in [3.05, 3.63) is 99.6 Å². The van der Waals surface area contributed by atoms with Crippen LogP contribution in [-0.2, 0) is 12.3 Å². The molecular weight excluding hydrogens is 450 g/mol. The van der Waals surface area contributed by atoms with Gasteiger partial charge in [-0.1, -0.05) is 24.3 Å². The van der Waals surface area contributed by atoms with Crippen molar-refractivity contribution in [3.63, 3.8) is 0 Å². The fourth-order valence-corrected chi connectivity index (χ4v) is 5.24. The molecule has 0 radical (unpaired) electrons. The molecule has 0 aromatic heterocycles. The van der Waals surface area contributed by atoms with Gasteiger partial charge in [0, 0.05) is 41.4 Å². The van der Waals surface area contributed by atoms with Crippen molar-refractivity contribution >= 4 is 23.4 Å². The summed E-state index contributed by atoms with van der Waals surface area (Å²) >= 11 is 1.65. The Morgan fingerprint density at radius 1 is 1.00 bits per heavy atom. The fraction of sp³-hybridized carbons (Fsp3) is 0.269. The van der Waals surface area contributed by atoms with Crippen molar-refractivity contribution in [3.8, 4) is 5.75 Å². The van der Waals surface area contributed by atoms with Gasteiger partial charge in [0.15, 0.2) is 0 Å². The average molecular weight is 479 g/mol. The second-order valence-electron chi connectivity index (χ2n) is 8.36. The normalized spacial score (nSPS) is 15.0. The molecular formula is C26H28N3O4S+. The molecule has 0 spiro atoms. The number of nitrogens with zero attached hydrogens (tertiary/aromatic N) is 2. The number of hydrogen-bond donors (Lipinski definition) is 1. The van der Waals surface area contributed by atoms with Crippen LogP contribution in [0, 0.1) is 10.1 Å². The van der Waals surface area contributed by atoms with Crippen LogP contribution in [-0.4, -0.2) is 48.6 Å². The van der Waals surface area contributed by atoms with Gasteiger partial charge in [0.05, 0.1) is 30.7 Å². The highest BCUT2D eigenvalue weighted by Crippen LogP contribution is 2.31. The van der Waals surface area contributed by atoms with Gasteiger partial charge in [-0.2, -0.15) is 0 Å². The lowest BCUT2D eigenvalue weighted by Gasteiger charge is -2.39. The van der Waals surface area contributed by atoms with Gasteiger partial charge in [-0.05, 0) is 42.0 Å². The first-order valence-corrected chi connectivity index (χ1v) is 12.2. The van der Waals surface area contributed by atoms with E-state index in [9.17, 15) is 14.9 Å². The number of non-ortho nitro benzene ring substituents is 1. The van der Waals surface area contributed by atoms with Crippen molar-refractivity contribution in [2.45, 2.75) is 17.2 Å². The molecule has 0 atom stereocenters. The molecule has 176 valence electrons. The van der Waals surface area contributed by atoms with Crippen LogP contribution in [0.5, 0.6) is 5.75 Å². The molecule has 1 aliphatic heterocycles. The van der Waals surface area contributed by atoms with E-state index in [4.69, 9.17) is 4.74 Å². The second kappa shape index (κ2) is 10.8. The van der Waals surface area contributed by atoms with Crippen LogP contribution in [0.3, 0.4) is 0 Å². The van der Waals surface area contributed by atoms with Crippen molar-refractivity contribution in [2.24, 2.45) is 0 Å². The number of carbonyl (C=O) groups is 1. The van der Waals surface area contributed by atoms with E-state index in [2.05, 4.69) is 5.32 Å². The van der Waals surface area contributed by atoms with Crippen LogP contribution < -0.4 is 10.1 Å². The van der Waals surface area contributed by atoms with Crippen molar-refractivity contribution in [1.82, 2.24) is 5.32 Å². The molecule has 3 aromatic rings. The summed E-state index contributed by atoms with van der Waals surface area (Å²) in [5.41, 5.74) is 2.86. The van der Waals surface area contributed by atoms with Crippen molar-refractivity contribution in [2.75, 3.05) is 33.3 Å². The van der Waals surface area contributed by atoms with E-state index in [1.807, 2.05) is 48.5 Å². The predicted octanol–water partition coefficient (Wildman–Crippen LogP) is 4.66. The molecule has 7 nitrogen and oxygen atoms in total. The zero-order chi connectivity index (χ0) is 24.0. The topological polar surface area (TPSA) is 81.5 Å². The molecule has 1 heterocycles. The summed E-state index contributed by atoms with van der Waals surface area (Å²) < 4.78 is 5.53. The lowest BCUT2D eigenvalue weighted by molar-refractivity contribution is -0.864. The molecule has 1 aliphatic rings. The summed E-state index contributed by atoms with van der Waals surface area (Å²) in [5, 5.41) is 14.4. The number of carbonyl (C=O) groups excluding carboxylic acids is 1. The number of ether oxygens (including phenoxy) is 1. The standard InChI is InChI=1S/C26H28N3O4S/c1-33-23-12-8-21(9-13-23)19-34-25-5-3-2-4-24(25)26(30)29(16-14-27-15-17-29)18-20-6-10-22(11-7-20)28(31)32/h2-13,27H,14-19H2,1H3/q+1. The Labute approximate surface area is 203 Å². The minimum Gasteiger partial charge on any atom is -0.497 e. The van der Waals surface area contributed by atoms with E-state index in [1.54, 1.807) is 31.0 Å².